The van der Waals surface area contributed by atoms with Crippen LogP contribution in [0.5, 0.6) is 0 Å². The molecule has 6 aromatic carbocycles. The number of hydrogen-bond donors (Lipinski definition) is 0. The molecule has 59 heavy (non-hydrogen) atoms. The SMILES string of the molecule is c1ccc2c(c1)-c1ccccc1C21c2cc(C3=Nc4c(c5cccnc5c5cccnc45)C3)ccc2-c2ccc(C3=Nc4c(c5cccnc5c5cccnc45)C3)cc21. The van der Waals surface area contributed by atoms with E-state index in [1.54, 1.807) is 0 Å². The average Bonchev–Trinajstić information content (AvgIpc) is 4.09. The van der Waals surface area contributed by atoms with Gasteiger partial charge in [0, 0.05) is 59.2 Å². The number of aliphatic imine (C=N–C) groups is 2. The first-order valence-corrected chi connectivity index (χ1v) is 20.2. The summed E-state index contributed by atoms with van der Waals surface area (Å²) in [5.74, 6) is 0. The molecule has 6 nitrogen and oxygen atoms in total. The van der Waals surface area contributed by atoms with E-state index in [9.17, 15) is 0 Å². The Morgan fingerprint density at radius 3 is 1.24 bits per heavy atom. The predicted octanol–water partition coefficient (Wildman–Crippen LogP) is 11.6. The van der Waals surface area contributed by atoms with Crippen molar-refractivity contribution in [2.75, 3.05) is 0 Å². The van der Waals surface area contributed by atoms with Crippen LogP contribution in [0.1, 0.15) is 44.5 Å². The van der Waals surface area contributed by atoms with E-state index < -0.39 is 5.41 Å². The number of pyridine rings is 4. The molecule has 272 valence electrons. The normalized spacial score (nSPS) is 15.0. The standard InChI is InChI=1S/C53H30N6/c1-3-15-41-31(9-1)32-10-2-4-16-42(32)53(41)43-25-29(45-27-39-35-11-5-21-54-47(35)37-13-7-23-56-49(37)51(39)58-45)17-19-33(43)34-20-18-30(26-44(34)53)46-28-40-36-12-6-22-55-48(36)38-14-8-24-57-50(38)52(40)59-46/h1-26H,27-28H2. The summed E-state index contributed by atoms with van der Waals surface area (Å²) in [6.07, 6.45) is 8.89. The van der Waals surface area contributed by atoms with Crippen molar-refractivity contribution in [2.24, 2.45) is 9.98 Å². The highest BCUT2D eigenvalue weighted by molar-refractivity contribution is 6.20. The molecule has 0 saturated heterocycles. The summed E-state index contributed by atoms with van der Waals surface area (Å²) in [6.45, 7) is 0. The van der Waals surface area contributed by atoms with Gasteiger partial charge in [0.15, 0.2) is 0 Å². The third kappa shape index (κ3) is 3.95. The number of hydrogen-bond acceptors (Lipinski definition) is 6. The molecule has 0 bridgehead atoms. The first-order chi connectivity index (χ1) is 29.3. The van der Waals surface area contributed by atoms with Gasteiger partial charge in [0.2, 0.25) is 0 Å². The van der Waals surface area contributed by atoms with E-state index in [1.807, 2.05) is 49.1 Å². The Morgan fingerprint density at radius 2 is 0.763 bits per heavy atom. The second-order valence-electron chi connectivity index (χ2n) is 16.1. The Kier molecular flexibility index (Phi) is 5.98. The summed E-state index contributed by atoms with van der Waals surface area (Å²) in [4.78, 5) is 30.1. The van der Waals surface area contributed by atoms with Gasteiger partial charge in [0.05, 0.1) is 50.3 Å². The van der Waals surface area contributed by atoms with Crippen molar-refractivity contribution in [3.63, 3.8) is 0 Å². The van der Waals surface area contributed by atoms with Gasteiger partial charge in [-0.3, -0.25) is 19.9 Å². The molecular weight excluding hydrogens is 721 g/mol. The van der Waals surface area contributed by atoms with Gasteiger partial charge in [-0.05, 0) is 115 Å². The van der Waals surface area contributed by atoms with E-state index in [-0.39, 0.29) is 0 Å². The second kappa shape index (κ2) is 11.2. The number of benzene rings is 6. The molecule has 0 fully saturated rings. The van der Waals surface area contributed by atoms with Crippen LogP contribution in [0.4, 0.5) is 11.4 Å². The number of fused-ring (bicyclic) bond motifs is 22. The lowest BCUT2D eigenvalue weighted by Gasteiger charge is -2.31. The molecule has 0 radical (unpaired) electrons. The largest absolute Gasteiger partial charge is 0.256 e. The van der Waals surface area contributed by atoms with Crippen LogP contribution in [0.2, 0.25) is 0 Å². The van der Waals surface area contributed by atoms with E-state index in [2.05, 4.69) is 109 Å². The fourth-order valence-corrected chi connectivity index (χ4v) is 11.0. The van der Waals surface area contributed by atoms with Gasteiger partial charge in [-0.1, -0.05) is 84.9 Å². The van der Waals surface area contributed by atoms with E-state index in [0.29, 0.717) is 12.8 Å². The van der Waals surface area contributed by atoms with Crippen molar-refractivity contribution < 1.29 is 0 Å². The van der Waals surface area contributed by atoms with Crippen LogP contribution in [-0.4, -0.2) is 31.4 Å². The van der Waals surface area contributed by atoms with Crippen LogP contribution in [0.15, 0.2) is 168 Å². The average molecular weight is 751 g/mol. The lowest BCUT2D eigenvalue weighted by atomic mass is 9.70. The van der Waals surface area contributed by atoms with E-state index >= 15 is 0 Å². The maximum absolute atomic E-state index is 5.41. The number of aromatic nitrogens is 4. The van der Waals surface area contributed by atoms with Crippen molar-refractivity contribution in [1.82, 2.24) is 19.9 Å². The number of rotatable bonds is 2. The summed E-state index contributed by atoms with van der Waals surface area (Å²) in [5, 5.41) is 4.36. The molecule has 2 aliphatic heterocycles. The van der Waals surface area contributed by atoms with Crippen LogP contribution in [0.3, 0.4) is 0 Å². The zero-order valence-corrected chi connectivity index (χ0v) is 31.6. The van der Waals surface area contributed by atoms with Gasteiger partial charge in [-0.25, -0.2) is 9.98 Å². The predicted molar refractivity (Wildman–Crippen MR) is 237 cm³/mol. The Balaban J connectivity index is 0.979. The van der Waals surface area contributed by atoms with Crippen molar-refractivity contribution >= 4 is 66.4 Å². The maximum atomic E-state index is 5.41. The van der Waals surface area contributed by atoms with Gasteiger partial charge >= 0.3 is 0 Å². The van der Waals surface area contributed by atoms with Crippen LogP contribution in [0.25, 0.3) is 65.9 Å². The molecule has 0 unspecified atom stereocenters. The molecule has 0 saturated carbocycles. The summed E-state index contributed by atoms with van der Waals surface area (Å²) in [6, 6.07) is 48.7. The zero-order valence-electron chi connectivity index (χ0n) is 31.6. The van der Waals surface area contributed by atoms with Crippen LogP contribution in [0, 0.1) is 0 Å². The Labute approximate surface area is 338 Å². The monoisotopic (exact) mass is 750 g/mol. The van der Waals surface area contributed by atoms with Crippen molar-refractivity contribution in [1.29, 1.82) is 0 Å². The summed E-state index contributed by atoms with van der Waals surface area (Å²) in [7, 11) is 0. The zero-order chi connectivity index (χ0) is 38.4. The van der Waals surface area contributed by atoms with E-state index in [4.69, 9.17) is 29.9 Å². The van der Waals surface area contributed by atoms with Gasteiger partial charge in [0.1, 0.15) is 0 Å². The summed E-state index contributed by atoms with van der Waals surface area (Å²) in [5.41, 5.74) is 22.2. The Hall–Kier alpha value is -7.70. The summed E-state index contributed by atoms with van der Waals surface area (Å²) < 4.78 is 0. The quantitative estimate of drug-likeness (QED) is 0.165. The van der Waals surface area contributed by atoms with Crippen LogP contribution in [-0.2, 0) is 18.3 Å². The maximum Gasteiger partial charge on any atom is 0.0983 e. The van der Waals surface area contributed by atoms with Gasteiger partial charge in [0.25, 0.3) is 0 Å². The van der Waals surface area contributed by atoms with E-state index in [0.717, 1.165) is 77.5 Å². The van der Waals surface area contributed by atoms with Gasteiger partial charge < -0.3 is 0 Å². The molecule has 1 spiro atoms. The van der Waals surface area contributed by atoms with Gasteiger partial charge in [-0.2, -0.15) is 0 Å². The van der Waals surface area contributed by atoms with E-state index in [1.165, 1.54) is 55.6 Å². The first kappa shape index (κ1) is 31.4. The lowest BCUT2D eigenvalue weighted by Crippen LogP contribution is -2.26. The highest BCUT2D eigenvalue weighted by Crippen LogP contribution is 2.63. The topological polar surface area (TPSA) is 76.3 Å². The highest BCUT2D eigenvalue weighted by atomic mass is 14.9. The van der Waals surface area contributed by atoms with Crippen molar-refractivity contribution in [2.45, 2.75) is 18.3 Å². The molecule has 0 atom stereocenters. The summed E-state index contributed by atoms with van der Waals surface area (Å²) >= 11 is 0. The molecule has 14 rings (SSSR count). The molecule has 6 heteroatoms. The molecule has 4 aliphatic rings. The van der Waals surface area contributed by atoms with Crippen molar-refractivity contribution in [3.05, 3.63) is 203 Å². The molecule has 0 amide bonds. The lowest BCUT2D eigenvalue weighted by molar-refractivity contribution is 0.793. The minimum atomic E-state index is -0.530. The molecule has 2 aliphatic carbocycles. The fraction of sp³-hybridized carbons (Fsp3) is 0.0566. The third-order valence-corrected chi connectivity index (χ3v) is 13.3. The third-order valence-electron chi connectivity index (χ3n) is 13.3. The molecular formula is C53H30N6. The number of nitrogens with zero attached hydrogens (tertiary/aromatic N) is 6. The minimum Gasteiger partial charge on any atom is -0.256 e. The van der Waals surface area contributed by atoms with Crippen LogP contribution < -0.4 is 0 Å². The first-order valence-electron chi connectivity index (χ1n) is 20.2. The smallest absolute Gasteiger partial charge is 0.0983 e. The Morgan fingerprint density at radius 1 is 0.356 bits per heavy atom. The Bertz CT molecular complexity index is 3400. The van der Waals surface area contributed by atoms with Crippen molar-refractivity contribution in [3.8, 4) is 22.3 Å². The highest BCUT2D eigenvalue weighted by Gasteiger charge is 2.52. The fourth-order valence-electron chi connectivity index (χ4n) is 11.0. The minimum absolute atomic E-state index is 0.530. The molecule has 4 aromatic heterocycles. The van der Waals surface area contributed by atoms with Gasteiger partial charge in [-0.15, -0.1) is 0 Å². The molecule has 10 aromatic rings. The molecule has 6 heterocycles. The molecule has 0 N–H and O–H groups in total. The second-order valence-corrected chi connectivity index (χ2v) is 16.1. The van der Waals surface area contributed by atoms with Crippen LogP contribution >= 0.6 is 0 Å².